The number of ether oxygens (including phenoxy) is 2. The Morgan fingerprint density at radius 2 is 1.63 bits per heavy atom. The number of carbonyl (C=O) groups excluding carboxylic acids is 2. The quantitative estimate of drug-likeness (QED) is 0.196. The molecule has 9 nitrogen and oxygen atoms in total. The fraction of sp³-hybridized carbons (Fsp3) is 0.500. The summed E-state index contributed by atoms with van der Waals surface area (Å²) in [6.07, 6.45) is 6.19. The smallest absolute Gasteiger partial charge is 0.319 e. The van der Waals surface area contributed by atoms with Crippen molar-refractivity contribution >= 4 is 17.6 Å². The summed E-state index contributed by atoms with van der Waals surface area (Å²) in [5.41, 5.74) is 4.01. The number of aliphatic hydroxyl groups is 1. The molecule has 9 heteroatoms. The van der Waals surface area contributed by atoms with Crippen LogP contribution in [0.15, 0.2) is 78.9 Å². The Labute approximate surface area is 290 Å². The molecule has 2 heterocycles. The number of anilines is 1. The molecule has 3 aliphatic rings. The maximum atomic E-state index is 13.7. The fourth-order valence-corrected chi connectivity index (χ4v) is 7.71. The van der Waals surface area contributed by atoms with Crippen LogP contribution in [0.2, 0.25) is 0 Å². The van der Waals surface area contributed by atoms with Crippen molar-refractivity contribution in [3.05, 3.63) is 101 Å². The minimum atomic E-state index is -0.677. The molecule has 3 amide bonds. The normalized spacial score (nSPS) is 26.0. The first-order valence-electron chi connectivity index (χ1n) is 17.9. The summed E-state index contributed by atoms with van der Waals surface area (Å²) >= 11 is 0. The molecule has 6 atom stereocenters. The van der Waals surface area contributed by atoms with E-state index >= 15 is 0 Å². The number of aliphatic hydroxyl groups excluding tert-OH is 1. The first-order chi connectivity index (χ1) is 23.6. The number of urea groups is 1. The predicted molar refractivity (Wildman–Crippen MR) is 191 cm³/mol. The average Bonchev–Trinajstić information content (AvgIpc) is 3.10. The Kier molecular flexibility index (Phi) is 11.3. The third-order valence-electron chi connectivity index (χ3n) is 10.0. The summed E-state index contributed by atoms with van der Waals surface area (Å²) < 4.78 is 13.4. The molecule has 6 rings (SSSR count). The minimum Gasteiger partial charge on any atom is -0.392 e. The molecule has 3 fully saturated rings. The van der Waals surface area contributed by atoms with Gasteiger partial charge in [-0.3, -0.25) is 9.69 Å². The molecule has 0 spiro atoms. The molecule has 0 unspecified atom stereocenters. The average molecular weight is 669 g/mol. The molecule has 4 N–H and O–H groups in total. The van der Waals surface area contributed by atoms with E-state index in [1.807, 2.05) is 99.6 Å². The summed E-state index contributed by atoms with van der Waals surface area (Å²) in [5.74, 6) is 0.696. The van der Waals surface area contributed by atoms with Crippen LogP contribution in [0.1, 0.15) is 100 Å². The number of likely N-dealkylation sites (tertiary alicyclic amines) is 1. The molecule has 0 radical (unpaired) electrons. The van der Waals surface area contributed by atoms with Crippen molar-refractivity contribution in [1.29, 1.82) is 0 Å². The van der Waals surface area contributed by atoms with E-state index in [9.17, 15) is 14.7 Å². The van der Waals surface area contributed by atoms with Crippen LogP contribution >= 0.6 is 0 Å². The third-order valence-corrected chi connectivity index (χ3v) is 10.0. The topological polar surface area (TPSA) is 112 Å². The van der Waals surface area contributed by atoms with Crippen molar-refractivity contribution in [2.24, 2.45) is 5.92 Å². The standard InChI is InChI=1S/C40H52N4O5/c1-40(2,3)43-37(46)35-21-20-29-12-7-8-15-34(29)44(35)25-33-23-36(30-18-16-28(26-45)17-19-30)49-38(48-33)31-13-9-14-32(22-31)42-39(47)41-24-27-10-5-4-6-11-27/h4-6,9-11,13-14,16-19,22,29,33-36,38,45H,7-8,12,15,20-21,23-26H2,1-3H3,(H,43,46)(H2,41,42,47)/t29-,33-,34-,35-,36+,38+/m1/s1. The SMILES string of the molecule is CC(C)(C)NC(=O)[C@H]1CC[C@H]2CCCC[C@H]2N1C[C@H]1C[C@@H](c2ccc(CO)cc2)O[C@@H](c2cccc(NC(=O)NCc3ccccc3)c2)O1. The molecule has 1 saturated carbocycles. The van der Waals surface area contributed by atoms with Crippen LogP contribution in [0.3, 0.4) is 0 Å². The highest BCUT2D eigenvalue weighted by Gasteiger charge is 2.44. The molecule has 3 aromatic carbocycles. The maximum absolute atomic E-state index is 13.7. The first-order valence-corrected chi connectivity index (χ1v) is 17.9. The molecule has 3 aromatic rings. The van der Waals surface area contributed by atoms with Gasteiger partial charge in [-0.1, -0.05) is 79.6 Å². The van der Waals surface area contributed by atoms with Gasteiger partial charge in [-0.2, -0.15) is 0 Å². The van der Waals surface area contributed by atoms with Crippen LogP contribution in [-0.2, 0) is 27.4 Å². The Morgan fingerprint density at radius 1 is 0.857 bits per heavy atom. The Bertz CT molecular complexity index is 1540. The van der Waals surface area contributed by atoms with E-state index in [0.29, 0.717) is 37.2 Å². The number of amides is 3. The lowest BCUT2D eigenvalue weighted by Crippen LogP contribution is -2.61. The van der Waals surface area contributed by atoms with Crippen molar-refractivity contribution in [2.45, 2.75) is 115 Å². The zero-order chi connectivity index (χ0) is 34.4. The van der Waals surface area contributed by atoms with Crippen molar-refractivity contribution in [2.75, 3.05) is 11.9 Å². The summed E-state index contributed by atoms with van der Waals surface area (Å²) in [4.78, 5) is 29.0. The van der Waals surface area contributed by atoms with Gasteiger partial charge in [0.25, 0.3) is 0 Å². The monoisotopic (exact) mass is 668 g/mol. The van der Waals surface area contributed by atoms with Gasteiger partial charge in [0.15, 0.2) is 6.29 Å². The second-order valence-corrected chi connectivity index (χ2v) is 14.9. The van der Waals surface area contributed by atoms with E-state index in [4.69, 9.17) is 9.47 Å². The highest BCUT2D eigenvalue weighted by Crippen LogP contribution is 2.42. The van der Waals surface area contributed by atoms with Gasteiger partial charge in [-0.05, 0) is 81.2 Å². The summed E-state index contributed by atoms with van der Waals surface area (Å²) in [6.45, 7) is 7.15. The van der Waals surface area contributed by atoms with Gasteiger partial charge in [-0.15, -0.1) is 0 Å². The summed E-state index contributed by atoms with van der Waals surface area (Å²) in [6, 6.07) is 25.2. The number of carbonyl (C=O) groups is 2. The van der Waals surface area contributed by atoms with Gasteiger partial charge in [0.05, 0.1) is 24.9 Å². The van der Waals surface area contributed by atoms with Crippen LogP contribution in [0, 0.1) is 5.92 Å². The fourth-order valence-electron chi connectivity index (χ4n) is 7.71. The molecule has 262 valence electrons. The Morgan fingerprint density at radius 3 is 2.39 bits per heavy atom. The van der Waals surface area contributed by atoms with Crippen molar-refractivity contribution in [1.82, 2.24) is 15.5 Å². The first kappa shape index (κ1) is 35.1. The Balaban J connectivity index is 1.23. The number of fused-ring (bicyclic) bond motifs is 1. The second kappa shape index (κ2) is 15.9. The van der Waals surface area contributed by atoms with Gasteiger partial charge < -0.3 is 30.5 Å². The molecular formula is C40H52N4O5. The van der Waals surface area contributed by atoms with E-state index in [1.165, 1.54) is 19.3 Å². The van der Waals surface area contributed by atoms with Crippen molar-refractivity contribution in [3.63, 3.8) is 0 Å². The number of hydrogen-bond donors (Lipinski definition) is 4. The molecule has 0 bridgehead atoms. The molecule has 49 heavy (non-hydrogen) atoms. The van der Waals surface area contributed by atoms with Crippen LogP contribution in [-0.4, -0.2) is 52.2 Å². The van der Waals surface area contributed by atoms with Gasteiger partial charge in [0.1, 0.15) is 0 Å². The number of hydrogen-bond acceptors (Lipinski definition) is 6. The van der Waals surface area contributed by atoms with Gasteiger partial charge in [0, 0.05) is 42.3 Å². The lowest BCUT2D eigenvalue weighted by atomic mass is 9.75. The molecule has 0 aromatic heterocycles. The van der Waals surface area contributed by atoms with Crippen LogP contribution in [0.25, 0.3) is 0 Å². The van der Waals surface area contributed by atoms with Gasteiger partial charge >= 0.3 is 6.03 Å². The van der Waals surface area contributed by atoms with Crippen molar-refractivity contribution in [3.8, 4) is 0 Å². The third kappa shape index (κ3) is 9.28. The molecular weight excluding hydrogens is 616 g/mol. The van der Waals surface area contributed by atoms with Crippen LogP contribution in [0.5, 0.6) is 0 Å². The van der Waals surface area contributed by atoms with E-state index in [1.54, 1.807) is 0 Å². The largest absolute Gasteiger partial charge is 0.392 e. The van der Waals surface area contributed by atoms with Crippen LogP contribution < -0.4 is 16.0 Å². The zero-order valence-corrected chi connectivity index (χ0v) is 29.1. The molecule has 1 aliphatic carbocycles. The predicted octanol–water partition coefficient (Wildman–Crippen LogP) is 6.98. The Hall–Kier alpha value is -3.76. The summed E-state index contributed by atoms with van der Waals surface area (Å²) in [7, 11) is 0. The number of nitrogens with zero attached hydrogens (tertiary/aromatic N) is 1. The zero-order valence-electron chi connectivity index (χ0n) is 29.1. The number of rotatable bonds is 9. The van der Waals surface area contributed by atoms with E-state index in [-0.39, 0.29) is 42.3 Å². The van der Waals surface area contributed by atoms with E-state index in [0.717, 1.165) is 41.5 Å². The van der Waals surface area contributed by atoms with Gasteiger partial charge in [0.2, 0.25) is 5.91 Å². The maximum Gasteiger partial charge on any atom is 0.319 e. The summed E-state index contributed by atoms with van der Waals surface area (Å²) in [5, 5.41) is 18.8. The van der Waals surface area contributed by atoms with Crippen molar-refractivity contribution < 1.29 is 24.2 Å². The number of piperidine rings is 1. The highest BCUT2D eigenvalue weighted by atomic mass is 16.7. The minimum absolute atomic E-state index is 0.0194. The van der Waals surface area contributed by atoms with E-state index < -0.39 is 6.29 Å². The lowest BCUT2D eigenvalue weighted by Gasteiger charge is -2.50. The van der Waals surface area contributed by atoms with Crippen LogP contribution in [0.4, 0.5) is 10.5 Å². The second-order valence-electron chi connectivity index (χ2n) is 14.9. The van der Waals surface area contributed by atoms with Gasteiger partial charge in [-0.25, -0.2) is 4.79 Å². The van der Waals surface area contributed by atoms with E-state index in [2.05, 4.69) is 20.9 Å². The molecule has 2 saturated heterocycles. The lowest BCUT2D eigenvalue weighted by molar-refractivity contribution is -0.255. The highest BCUT2D eigenvalue weighted by molar-refractivity contribution is 5.89. The number of benzene rings is 3. The molecule has 2 aliphatic heterocycles. The number of nitrogens with one attached hydrogen (secondary N) is 3.